The molecule has 1 aliphatic carbocycles. The smallest absolute Gasteiger partial charge is 0.352 e. The van der Waals surface area contributed by atoms with Gasteiger partial charge in [0.25, 0.3) is 5.91 Å². The van der Waals surface area contributed by atoms with Crippen LogP contribution in [-0.2, 0) is 19.8 Å². The molecular weight excluding hydrogens is 416 g/mol. The van der Waals surface area contributed by atoms with Crippen LogP contribution in [0.1, 0.15) is 51.5 Å². The Kier molecular flexibility index (Phi) is 6.01. The van der Waals surface area contributed by atoms with Crippen LogP contribution in [0.15, 0.2) is 35.5 Å². The van der Waals surface area contributed by atoms with E-state index >= 15 is 0 Å². The lowest BCUT2D eigenvalue weighted by Crippen LogP contribution is -2.72. The first-order valence-corrected chi connectivity index (χ1v) is 11.9. The van der Waals surface area contributed by atoms with Gasteiger partial charge >= 0.3 is 5.97 Å². The van der Waals surface area contributed by atoms with Gasteiger partial charge in [-0.05, 0) is 37.8 Å². The monoisotopic (exact) mass is 444 g/mol. The van der Waals surface area contributed by atoms with Crippen LogP contribution < -0.4 is 10.1 Å². The normalized spacial score (nSPS) is 24.1. The van der Waals surface area contributed by atoms with E-state index in [0.29, 0.717) is 30.8 Å². The number of aliphatic carboxylic acids is 1. The SMILES string of the molecule is CCCCOc1ccccc1C1(C(=O)N[C@H]2C(=O)N3C(C(=O)O)=C(C)CS[C@H]23)CCC1. The molecule has 1 saturated carbocycles. The van der Waals surface area contributed by atoms with Crippen molar-refractivity contribution in [3.63, 3.8) is 0 Å². The molecule has 2 heterocycles. The van der Waals surface area contributed by atoms with Gasteiger partial charge in [-0.1, -0.05) is 38.0 Å². The number of rotatable bonds is 8. The Morgan fingerprint density at radius 1 is 1.32 bits per heavy atom. The highest BCUT2D eigenvalue weighted by Crippen LogP contribution is 2.48. The average molecular weight is 445 g/mol. The second kappa shape index (κ2) is 8.57. The highest BCUT2D eigenvalue weighted by Gasteiger charge is 2.56. The summed E-state index contributed by atoms with van der Waals surface area (Å²) in [5.41, 5.74) is 0.883. The maximum absolute atomic E-state index is 13.5. The van der Waals surface area contributed by atoms with Crippen molar-refractivity contribution in [1.29, 1.82) is 0 Å². The van der Waals surface area contributed by atoms with Gasteiger partial charge < -0.3 is 15.2 Å². The van der Waals surface area contributed by atoms with Crippen LogP contribution in [-0.4, -0.2) is 51.6 Å². The molecule has 2 amide bonds. The van der Waals surface area contributed by atoms with Crippen molar-refractivity contribution >= 4 is 29.5 Å². The number of carboxylic acids is 1. The van der Waals surface area contributed by atoms with Crippen molar-refractivity contribution in [3.05, 3.63) is 41.1 Å². The standard InChI is InChI=1S/C23H28N2O5S/c1-3-4-12-30-16-9-6-5-8-15(16)23(10-7-11-23)22(29)24-17-19(26)25-18(21(27)28)14(2)13-31-20(17)25/h5-6,8-9,17,20H,3-4,7,10-13H2,1-2H3,(H,24,29)(H,27,28)/t17-,20+/m0/s1. The molecule has 0 spiro atoms. The maximum Gasteiger partial charge on any atom is 0.352 e. The Bertz CT molecular complexity index is 940. The number of fused-ring (bicyclic) bond motifs is 1. The van der Waals surface area contributed by atoms with Crippen molar-refractivity contribution in [2.45, 2.75) is 62.8 Å². The molecule has 1 saturated heterocycles. The number of benzene rings is 1. The molecule has 2 aliphatic heterocycles. The van der Waals surface area contributed by atoms with Gasteiger partial charge in [0, 0.05) is 11.3 Å². The number of unbranched alkanes of at least 4 members (excludes halogenated alkanes) is 1. The van der Waals surface area contributed by atoms with Crippen LogP contribution in [0.4, 0.5) is 0 Å². The molecule has 1 aromatic rings. The summed E-state index contributed by atoms with van der Waals surface area (Å²) >= 11 is 1.49. The molecule has 7 nitrogen and oxygen atoms in total. The second-order valence-corrected chi connectivity index (χ2v) is 9.53. The maximum atomic E-state index is 13.5. The van der Waals surface area contributed by atoms with Crippen LogP contribution >= 0.6 is 11.8 Å². The number of nitrogens with one attached hydrogen (secondary N) is 1. The zero-order chi connectivity index (χ0) is 22.2. The topological polar surface area (TPSA) is 95.9 Å². The number of ether oxygens (including phenoxy) is 1. The summed E-state index contributed by atoms with van der Waals surface area (Å²) in [6.07, 6.45) is 4.31. The summed E-state index contributed by atoms with van der Waals surface area (Å²) in [7, 11) is 0. The molecule has 0 aromatic heterocycles. The molecule has 31 heavy (non-hydrogen) atoms. The predicted octanol–water partition coefficient (Wildman–Crippen LogP) is 3.05. The lowest BCUT2D eigenvalue weighted by atomic mass is 9.63. The van der Waals surface area contributed by atoms with E-state index in [9.17, 15) is 19.5 Å². The second-order valence-electron chi connectivity index (χ2n) is 8.43. The Morgan fingerprint density at radius 2 is 2.06 bits per heavy atom. The Morgan fingerprint density at radius 3 is 2.71 bits per heavy atom. The van der Waals surface area contributed by atoms with Crippen LogP contribution in [0.5, 0.6) is 5.75 Å². The average Bonchev–Trinajstić information content (AvgIpc) is 2.72. The first kappa shape index (κ1) is 21.7. The van der Waals surface area contributed by atoms with Crippen molar-refractivity contribution in [1.82, 2.24) is 10.2 Å². The van der Waals surface area contributed by atoms with Crippen molar-refractivity contribution in [2.24, 2.45) is 0 Å². The molecule has 4 rings (SSSR count). The van der Waals surface area contributed by atoms with Gasteiger partial charge in [-0.15, -0.1) is 11.8 Å². The van der Waals surface area contributed by atoms with Gasteiger partial charge in [0.1, 0.15) is 22.9 Å². The van der Waals surface area contributed by atoms with Crippen molar-refractivity contribution in [3.8, 4) is 5.75 Å². The predicted molar refractivity (Wildman–Crippen MR) is 118 cm³/mol. The number of hydrogen-bond donors (Lipinski definition) is 2. The molecule has 0 bridgehead atoms. The third kappa shape index (κ3) is 3.60. The summed E-state index contributed by atoms with van der Waals surface area (Å²) in [5.74, 6) is -0.376. The van der Waals surface area contributed by atoms with Gasteiger partial charge in [0.05, 0.1) is 12.0 Å². The zero-order valence-corrected chi connectivity index (χ0v) is 18.7. The summed E-state index contributed by atoms with van der Waals surface area (Å²) in [4.78, 5) is 39.2. The highest BCUT2D eigenvalue weighted by atomic mass is 32.2. The molecule has 2 fully saturated rings. The molecule has 0 radical (unpaired) electrons. The molecule has 8 heteroatoms. The minimum atomic E-state index is -1.10. The third-order valence-electron chi connectivity index (χ3n) is 6.45. The Balaban J connectivity index is 1.53. The lowest BCUT2D eigenvalue weighted by Gasteiger charge is -2.51. The fourth-order valence-electron chi connectivity index (χ4n) is 4.52. The van der Waals surface area contributed by atoms with Crippen LogP contribution in [0.3, 0.4) is 0 Å². The number of thioether (sulfide) groups is 1. The number of nitrogens with zero attached hydrogens (tertiary/aromatic N) is 1. The van der Waals surface area contributed by atoms with E-state index in [1.165, 1.54) is 16.7 Å². The van der Waals surface area contributed by atoms with Gasteiger partial charge in [0.2, 0.25) is 5.91 Å². The lowest BCUT2D eigenvalue weighted by molar-refractivity contribution is -0.151. The van der Waals surface area contributed by atoms with Crippen LogP contribution in [0, 0.1) is 0 Å². The van der Waals surface area contributed by atoms with Gasteiger partial charge in [0.15, 0.2) is 0 Å². The molecule has 2 atom stereocenters. The zero-order valence-electron chi connectivity index (χ0n) is 17.8. The third-order valence-corrected chi connectivity index (χ3v) is 7.87. The number of carboxylic acid groups (broad SMARTS) is 1. The van der Waals surface area contributed by atoms with E-state index in [1.807, 2.05) is 24.3 Å². The van der Waals surface area contributed by atoms with Gasteiger partial charge in [-0.3, -0.25) is 14.5 Å². The van der Waals surface area contributed by atoms with Crippen LogP contribution in [0.25, 0.3) is 0 Å². The number of para-hydroxylation sites is 1. The Hall–Kier alpha value is -2.48. The summed E-state index contributed by atoms with van der Waals surface area (Å²) in [6, 6.07) is 6.96. The van der Waals surface area contributed by atoms with E-state index in [2.05, 4.69) is 12.2 Å². The fraction of sp³-hybridized carbons (Fsp3) is 0.522. The molecule has 3 aliphatic rings. The number of carbonyl (C=O) groups excluding carboxylic acids is 2. The first-order chi connectivity index (χ1) is 14.9. The Labute approximate surface area is 186 Å². The minimum Gasteiger partial charge on any atom is -0.493 e. The van der Waals surface area contributed by atoms with E-state index in [1.54, 1.807) is 6.92 Å². The van der Waals surface area contributed by atoms with E-state index in [0.717, 1.165) is 30.6 Å². The molecular formula is C23H28N2O5S. The first-order valence-electron chi connectivity index (χ1n) is 10.8. The van der Waals surface area contributed by atoms with Crippen molar-refractivity contribution < 1.29 is 24.2 Å². The molecule has 0 unspecified atom stereocenters. The van der Waals surface area contributed by atoms with Gasteiger partial charge in [-0.25, -0.2) is 4.79 Å². The number of carbonyl (C=O) groups is 3. The summed E-state index contributed by atoms with van der Waals surface area (Å²) < 4.78 is 5.98. The fourth-order valence-corrected chi connectivity index (χ4v) is 5.81. The largest absolute Gasteiger partial charge is 0.493 e. The number of hydrogen-bond acceptors (Lipinski definition) is 5. The van der Waals surface area contributed by atoms with Crippen molar-refractivity contribution in [2.75, 3.05) is 12.4 Å². The van der Waals surface area contributed by atoms with E-state index in [4.69, 9.17) is 4.74 Å². The molecule has 166 valence electrons. The van der Waals surface area contributed by atoms with E-state index in [-0.39, 0.29) is 22.9 Å². The highest BCUT2D eigenvalue weighted by molar-refractivity contribution is 8.00. The quantitative estimate of drug-likeness (QED) is 0.473. The number of amides is 2. The summed E-state index contributed by atoms with van der Waals surface area (Å²) in [6.45, 7) is 4.43. The van der Waals surface area contributed by atoms with Gasteiger partial charge in [-0.2, -0.15) is 0 Å². The summed E-state index contributed by atoms with van der Waals surface area (Å²) in [5, 5.41) is 12.1. The van der Waals surface area contributed by atoms with E-state index < -0.39 is 17.4 Å². The number of β-lactam (4-membered cyclic amide) rings is 1. The molecule has 1 aromatic carbocycles. The van der Waals surface area contributed by atoms with Crippen LogP contribution in [0.2, 0.25) is 0 Å². The molecule has 2 N–H and O–H groups in total. The minimum absolute atomic E-state index is 0.0484.